The van der Waals surface area contributed by atoms with Crippen molar-refractivity contribution in [1.82, 2.24) is 15.0 Å². The molecule has 0 unspecified atom stereocenters. The van der Waals surface area contributed by atoms with Gasteiger partial charge in [-0.1, -0.05) is 57.5 Å². The van der Waals surface area contributed by atoms with E-state index in [1.807, 2.05) is 37.3 Å². The number of amides is 1. The summed E-state index contributed by atoms with van der Waals surface area (Å²) in [5.74, 6) is -0.896. The fourth-order valence-electron chi connectivity index (χ4n) is 3.08. The number of aryl methyl sites for hydroxylation is 1. The summed E-state index contributed by atoms with van der Waals surface area (Å²) in [6, 6.07) is 19.0. The minimum atomic E-state index is -0.451. The van der Waals surface area contributed by atoms with E-state index in [1.165, 1.54) is 16.8 Å². The van der Waals surface area contributed by atoms with E-state index in [0.29, 0.717) is 26.2 Å². The lowest BCUT2D eigenvalue weighted by atomic mass is 10.2. The molecule has 33 heavy (non-hydrogen) atoms. The van der Waals surface area contributed by atoms with E-state index in [4.69, 9.17) is 0 Å². The van der Waals surface area contributed by atoms with Crippen molar-refractivity contribution < 1.29 is 9.18 Å². The number of benzene rings is 3. The Bertz CT molecular complexity index is 1420. The quantitative estimate of drug-likeness (QED) is 0.169. The van der Waals surface area contributed by atoms with E-state index in [-0.39, 0.29) is 16.9 Å². The van der Waals surface area contributed by atoms with Crippen molar-refractivity contribution >= 4 is 50.7 Å². The third-order valence-corrected chi connectivity index (χ3v) is 6.15. The van der Waals surface area contributed by atoms with E-state index in [2.05, 4.69) is 31.4 Å². The molecule has 0 saturated heterocycles. The Kier molecular flexibility index (Phi) is 7.00. The average molecular weight is 525 g/mol. The Morgan fingerprint density at radius 2 is 1.94 bits per heavy atom. The van der Waals surface area contributed by atoms with Gasteiger partial charge in [0, 0.05) is 10.0 Å². The number of halogens is 2. The van der Waals surface area contributed by atoms with E-state index < -0.39 is 11.7 Å². The summed E-state index contributed by atoms with van der Waals surface area (Å²) in [7, 11) is 0. The van der Waals surface area contributed by atoms with Crippen LogP contribution in [0, 0.1) is 12.7 Å². The normalized spacial score (nSPS) is 11.2. The number of hydrazone groups is 1. The molecule has 0 aliphatic carbocycles. The topological polar surface area (TPSA) is 76.3 Å². The molecule has 0 aliphatic rings. The molecular formula is C24H18BrFN4O2S. The molecule has 1 N–H and O–H groups in total. The molecule has 0 fully saturated rings. The van der Waals surface area contributed by atoms with Crippen LogP contribution in [0.2, 0.25) is 0 Å². The van der Waals surface area contributed by atoms with E-state index in [1.54, 1.807) is 30.3 Å². The molecule has 1 aromatic heterocycles. The molecule has 0 radical (unpaired) electrons. The van der Waals surface area contributed by atoms with Gasteiger partial charge in [-0.2, -0.15) is 5.10 Å². The molecule has 0 atom stereocenters. The van der Waals surface area contributed by atoms with E-state index in [0.717, 1.165) is 17.3 Å². The maximum absolute atomic E-state index is 13.8. The first-order chi connectivity index (χ1) is 15.9. The van der Waals surface area contributed by atoms with Crippen LogP contribution in [-0.2, 0) is 4.79 Å². The van der Waals surface area contributed by atoms with Crippen molar-refractivity contribution in [2.24, 2.45) is 5.10 Å². The lowest BCUT2D eigenvalue weighted by Crippen LogP contribution is -2.24. The minimum Gasteiger partial charge on any atom is -0.272 e. The first kappa shape index (κ1) is 22.9. The van der Waals surface area contributed by atoms with E-state index in [9.17, 15) is 14.0 Å². The smallest absolute Gasteiger partial charge is 0.266 e. The first-order valence-electron chi connectivity index (χ1n) is 9.91. The van der Waals surface area contributed by atoms with Crippen molar-refractivity contribution in [3.8, 4) is 5.69 Å². The van der Waals surface area contributed by atoms with Crippen LogP contribution < -0.4 is 11.0 Å². The zero-order chi connectivity index (χ0) is 23.4. The number of aromatic nitrogens is 2. The van der Waals surface area contributed by atoms with Crippen LogP contribution in [0.3, 0.4) is 0 Å². The van der Waals surface area contributed by atoms with Gasteiger partial charge >= 0.3 is 0 Å². The Balaban J connectivity index is 1.56. The van der Waals surface area contributed by atoms with Crippen molar-refractivity contribution in [2.75, 3.05) is 5.75 Å². The van der Waals surface area contributed by atoms with Gasteiger partial charge in [0.25, 0.3) is 11.5 Å². The number of hydrogen-bond donors (Lipinski definition) is 1. The highest BCUT2D eigenvalue weighted by atomic mass is 79.9. The molecule has 1 heterocycles. The maximum atomic E-state index is 13.8. The lowest BCUT2D eigenvalue weighted by Gasteiger charge is -2.13. The fraction of sp³-hybridized carbons (Fsp3) is 0.0833. The number of nitrogens with one attached hydrogen (secondary N) is 1. The Morgan fingerprint density at radius 3 is 2.73 bits per heavy atom. The van der Waals surface area contributed by atoms with Gasteiger partial charge in [0.2, 0.25) is 0 Å². The van der Waals surface area contributed by atoms with Crippen molar-refractivity contribution in [3.63, 3.8) is 0 Å². The molecule has 166 valence electrons. The van der Waals surface area contributed by atoms with Crippen molar-refractivity contribution in [3.05, 3.63) is 98.5 Å². The summed E-state index contributed by atoms with van der Waals surface area (Å²) in [6.45, 7) is 1.96. The standard InChI is InChI=1S/C24H18BrFN4O2S/c1-15-6-9-18(10-7-15)30-23(32)19-4-2-3-5-21(19)28-24(30)33-14-22(31)29-27-13-16-12-17(25)8-11-20(16)26/h2-13H,14H2,1H3,(H,29,31). The number of para-hydroxylation sites is 1. The summed E-state index contributed by atoms with van der Waals surface area (Å²) >= 11 is 4.39. The fourth-order valence-corrected chi connectivity index (χ4v) is 4.26. The monoisotopic (exact) mass is 524 g/mol. The lowest BCUT2D eigenvalue weighted by molar-refractivity contribution is -0.118. The van der Waals surface area contributed by atoms with Gasteiger partial charge in [-0.05, 0) is 49.4 Å². The number of carbonyl (C=O) groups is 1. The second-order valence-electron chi connectivity index (χ2n) is 7.14. The molecule has 0 saturated carbocycles. The van der Waals surface area contributed by atoms with Gasteiger partial charge in [0.1, 0.15) is 5.82 Å². The van der Waals surface area contributed by atoms with Gasteiger partial charge in [-0.15, -0.1) is 0 Å². The molecule has 0 bridgehead atoms. The molecule has 0 spiro atoms. The molecule has 6 nitrogen and oxygen atoms in total. The Hall–Kier alpha value is -3.30. The SMILES string of the molecule is Cc1ccc(-n2c(SCC(=O)NN=Cc3cc(Br)ccc3F)nc3ccccc3c2=O)cc1. The van der Waals surface area contributed by atoms with Gasteiger partial charge in [-0.25, -0.2) is 14.8 Å². The molecule has 0 aliphatic heterocycles. The van der Waals surface area contributed by atoms with Crippen LogP contribution in [0.1, 0.15) is 11.1 Å². The number of carbonyl (C=O) groups excluding carboxylic acids is 1. The van der Waals surface area contributed by atoms with Gasteiger partial charge < -0.3 is 0 Å². The zero-order valence-corrected chi connectivity index (χ0v) is 19.9. The highest BCUT2D eigenvalue weighted by Crippen LogP contribution is 2.21. The molecular weight excluding hydrogens is 507 g/mol. The first-order valence-corrected chi connectivity index (χ1v) is 11.7. The van der Waals surface area contributed by atoms with Crippen LogP contribution in [0.4, 0.5) is 4.39 Å². The largest absolute Gasteiger partial charge is 0.272 e. The molecule has 4 aromatic rings. The Morgan fingerprint density at radius 1 is 1.18 bits per heavy atom. The second-order valence-corrected chi connectivity index (χ2v) is 8.99. The van der Waals surface area contributed by atoms with Gasteiger partial charge in [0.15, 0.2) is 5.16 Å². The number of thioether (sulfide) groups is 1. The summed E-state index contributed by atoms with van der Waals surface area (Å²) in [5.41, 5.74) is 4.68. The zero-order valence-electron chi connectivity index (χ0n) is 17.5. The van der Waals surface area contributed by atoms with Crippen LogP contribution in [0.5, 0.6) is 0 Å². The van der Waals surface area contributed by atoms with Crippen LogP contribution in [-0.4, -0.2) is 27.4 Å². The van der Waals surface area contributed by atoms with Gasteiger partial charge in [-0.3, -0.25) is 14.2 Å². The number of nitrogens with zero attached hydrogens (tertiary/aromatic N) is 3. The number of fused-ring (bicyclic) bond motifs is 1. The predicted molar refractivity (Wildman–Crippen MR) is 133 cm³/mol. The van der Waals surface area contributed by atoms with Crippen molar-refractivity contribution in [1.29, 1.82) is 0 Å². The highest BCUT2D eigenvalue weighted by molar-refractivity contribution is 9.10. The maximum Gasteiger partial charge on any atom is 0.266 e. The van der Waals surface area contributed by atoms with Crippen LogP contribution in [0.15, 0.2) is 86.3 Å². The van der Waals surface area contributed by atoms with Crippen LogP contribution in [0.25, 0.3) is 16.6 Å². The van der Waals surface area contributed by atoms with E-state index >= 15 is 0 Å². The average Bonchev–Trinajstić information content (AvgIpc) is 2.81. The number of rotatable bonds is 6. The highest BCUT2D eigenvalue weighted by Gasteiger charge is 2.14. The number of hydrogen-bond acceptors (Lipinski definition) is 5. The second kappa shape index (κ2) is 10.1. The minimum absolute atomic E-state index is 0.0328. The van der Waals surface area contributed by atoms with Crippen LogP contribution >= 0.6 is 27.7 Å². The summed E-state index contributed by atoms with van der Waals surface area (Å²) < 4.78 is 16.0. The summed E-state index contributed by atoms with van der Waals surface area (Å²) in [5, 5.41) is 4.71. The molecule has 4 rings (SSSR count). The third-order valence-electron chi connectivity index (χ3n) is 4.72. The predicted octanol–water partition coefficient (Wildman–Crippen LogP) is 4.84. The Labute approximate surface area is 201 Å². The van der Waals surface area contributed by atoms with Gasteiger partial charge in [0.05, 0.1) is 28.6 Å². The molecule has 3 aromatic carbocycles. The summed E-state index contributed by atoms with van der Waals surface area (Å²) in [6.07, 6.45) is 1.24. The molecule has 1 amide bonds. The third kappa shape index (κ3) is 5.37. The molecule has 9 heteroatoms. The van der Waals surface area contributed by atoms with Crippen molar-refractivity contribution in [2.45, 2.75) is 12.1 Å². The summed E-state index contributed by atoms with van der Waals surface area (Å²) in [4.78, 5) is 30.2.